The summed E-state index contributed by atoms with van der Waals surface area (Å²) >= 11 is 0. The topological polar surface area (TPSA) is 12.9 Å². The van der Waals surface area contributed by atoms with Crippen LogP contribution in [0.25, 0.3) is 10.8 Å². The maximum absolute atomic E-state index is 4.01. The third-order valence-electron chi connectivity index (χ3n) is 1.55. The molecule has 0 spiro atoms. The van der Waals surface area contributed by atoms with Crippen LogP contribution in [0.15, 0.2) is 42.7 Å². The fourth-order valence-electron chi connectivity index (χ4n) is 1.03. The van der Waals surface area contributed by atoms with Crippen LogP contribution in [0.4, 0.5) is 0 Å². The molecular formula is C9H7ArN. The molecule has 2 aromatic rings. The minimum atomic E-state index is 0. The van der Waals surface area contributed by atoms with Gasteiger partial charge in [-0.1, -0.05) is 24.3 Å². The summed E-state index contributed by atoms with van der Waals surface area (Å²) in [7, 11) is 0. The van der Waals surface area contributed by atoms with Crippen molar-refractivity contribution in [2.75, 3.05) is 0 Å². The van der Waals surface area contributed by atoms with Gasteiger partial charge in [0.15, 0.2) is 0 Å². The summed E-state index contributed by atoms with van der Waals surface area (Å²) in [4.78, 5) is 4.01. The van der Waals surface area contributed by atoms with Crippen molar-refractivity contribution in [1.29, 1.82) is 0 Å². The molecule has 0 aliphatic heterocycles. The largest absolute Gasteiger partial charge is 0.264 e. The van der Waals surface area contributed by atoms with E-state index in [1.165, 1.54) is 10.8 Å². The zero-order valence-electron chi connectivity index (χ0n) is 5.84. The molecule has 0 fully saturated rings. The fraction of sp³-hybridized carbons (Fsp3) is 0. The molecule has 0 saturated heterocycles. The van der Waals surface area contributed by atoms with E-state index in [1.807, 2.05) is 30.6 Å². The smallest absolute Gasteiger partial charge is 0.0346 e. The summed E-state index contributed by atoms with van der Waals surface area (Å²) in [6.45, 7) is 0. The monoisotopic (exact) mass is 169 g/mol. The van der Waals surface area contributed by atoms with E-state index in [0.717, 1.165) is 0 Å². The van der Waals surface area contributed by atoms with E-state index >= 15 is 0 Å². The predicted molar refractivity (Wildman–Crippen MR) is 41.7 cm³/mol. The molecule has 0 N–H and O–H groups in total. The van der Waals surface area contributed by atoms with Gasteiger partial charge in [-0.05, 0) is 16.8 Å². The van der Waals surface area contributed by atoms with Crippen molar-refractivity contribution in [2.45, 2.75) is 0 Å². The van der Waals surface area contributed by atoms with Crippen LogP contribution in [0.2, 0.25) is 0 Å². The van der Waals surface area contributed by atoms with E-state index in [1.54, 1.807) is 0 Å². The van der Waals surface area contributed by atoms with Crippen molar-refractivity contribution in [3.63, 3.8) is 0 Å². The second-order valence-electron chi connectivity index (χ2n) is 2.22. The van der Waals surface area contributed by atoms with Gasteiger partial charge >= 0.3 is 0 Å². The molecule has 0 atom stereocenters. The second kappa shape index (κ2) is 4.05. The first-order valence-electron chi connectivity index (χ1n) is 3.25. The number of rotatable bonds is 0. The summed E-state index contributed by atoms with van der Waals surface area (Å²) in [6, 6.07) is 10.2. The van der Waals surface area contributed by atoms with Crippen LogP contribution in [0, 0.1) is 37.7 Å². The Morgan fingerprint density at radius 1 is 0.909 bits per heavy atom. The summed E-state index contributed by atoms with van der Waals surface area (Å²) in [5.74, 6) is 0. The van der Waals surface area contributed by atoms with E-state index in [0.29, 0.717) is 0 Å². The molecule has 0 unspecified atom stereocenters. The number of fused-ring (bicyclic) bond motifs is 1. The molecule has 0 saturated carbocycles. The van der Waals surface area contributed by atoms with Crippen LogP contribution in [0.5, 0.6) is 0 Å². The quantitative estimate of drug-likeness (QED) is 0.589. The molecule has 1 heterocycles. The number of nitrogens with zero attached hydrogens (tertiary/aromatic N) is 1. The van der Waals surface area contributed by atoms with Crippen LogP contribution in [0.1, 0.15) is 0 Å². The zero-order chi connectivity index (χ0) is 6.81. The first kappa shape index (κ1) is 8.98. The van der Waals surface area contributed by atoms with Crippen LogP contribution in [-0.2, 0) is 0 Å². The van der Waals surface area contributed by atoms with Gasteiger partial charge in [-0.15, -0.1) is 0 Å². The normalized spacial score (nSPS) is 9.09. The van der Waals surface area contributed by atoms with E-state index in [-0.39, 0.29) is 37.7 Å². The van der Waals surface area contributed by atoms with Crippen molar-refractivity contribution in [2.24, 2.45) is 0 Å². The molecule has 1 aromatic carbocycles. The first-order chi connectivity index (χ1) is 4.97. The number of aromatic nitrogens is 1. The Kier molecular flexibility index (Phi) is 3.31. The average molecular weight is 169 g/mol. The van der Waals surface area contributed by atoms with Crippen molar-refractivity contribution in [3.05, 3.63) is 42.7 Å². The Bertz CT molecular complexity index is 281. The minimum Gasteiger partial charge on any atom is -0.264 e. The third kappa shape index (κ3) is 1.92. The van der Waals surface area contributed by atoms with E-state index < -0.39 is 0 Å². The van der Waals surface area contributed by atoms with Gasteiger partial charge in [-0.3, -0.25) is 4.98 Å². The van der Waals surface area contributed by atoms with Crippen LogP contribution in [0.3, 0.4) is 0 Å². The molecule has 0 aliphatic carbocycles. The SMILES string of the molecule is [Ar].c1ccc2cnccc2c1. The standard InChI is InChI=1S/C9H7N.Ar/c1-2-4-9-7-10-6-5-8(9)3-1;/h1-7H;. The number of benzene rings is 1. The van der Waals surface area contributed by atoms with Crippen molar-refractivity contribution in [3.8, 4) is 0 Å². The van der Waals surface area contributed by atoms with Gasteiger partial charge in [0.05, 0.1) is 0 Å². The molecule has 0 radical (unpaired) electrons. The second-order valence-corrected chi connectivity index (χ2v) is 2.22. The maximum Gasteiger partial charge on any atom is 0.0346 e. The maximum atomic E-state index is 4.01. The van der Waals surface area contributed by atoms with Gasteiger partial charge in [0.1, 0.15) is 0 Å². The number of hydrogen-bond acceptors (Lipinski definition) is 1. The summed E-state index contributed by atoms with van der Waals surface area (Å²) < 4.78 is 0. The van der Waals surface area contributed by atoms with Crippen LogP contribution < -0.4 is 0 Å². The summed E-state index contributed by atoms with van der Waals surface area (Å²) in [5, 5.41) is 2.45. The molecule has 56 valence electrons. The molecule has 1 aromatic heterocycles. The Morgan fingerprint density at radius 3 is 2.36 bits per heavy atom. The molecular weight excluding hydrogens is 162 g/mol. The Balaban J connectivity index is 0.000000605. The molecule has 0 amide bonds. The zero-order valence-corrected chi connectivity index (χ0v) is 6.55. The van der Waals surface area contributed by atoms with E-state index in [2.05, 4.69) is 17.1 Å². The minimum absolute atomic E-state index is 0. The molecule has 2 heteroatoms. The average Bonchev–Trinajstić information content (AvgIpc) is 2.05. The van der Waals surface area contributed by atoms with Gasteiger partial charge in [-0.25, -0.2) is 0 Å². The van der Waals surface area contributed by atoms with Gasteiger partial charge in [0, 0.05) is 50.1 Å². The van der Waals surface area contributed by atoms with Gasteiger partial charge in [0.2, 0.25) is 0 Å². The Hall–Kier alpha value is -0.110. The van der Waals surface area contributed by atoms with Gasteiger partial charge < -0.3 is 0 Å². The summed E-state index contributed by atoms with van der Waals surface area (Å²) in [5.41, 5.74) is 0. The summed E-state index contributed by atoms with van der Waals surface area (Å²) in [6.07, 6.45) is 3.68. The fourth-order valence-corrected chi connectivity index (χ4v) is 1.03. The third-order valence-corrected chi connectivity index (χ3v) is 1.55. The number of hydrogen-bond donors (Lipinski definition) is 0. The molecule has 11 heavy (non-hydrogen) atoms. The Labute approximate surface area is 95.4 Å². The van der Waals surface area contributed by atoms with Gasteiger partial charge in [-0.2, -0.15) is 0 Å². The van der Waals surface area contributed by atoms with Crippen LogP contribution >= 0.6 is 0 Å². The molecule has 0 bridgehead atoms. The van der Waals surface area contributed by atoms with Crippen molar-refractivity contribution in [1.82, 2.24) is 4.98 Å². The number of pyridine rings is 1. The van der Waals surface area contributed by atoms with Gasteiger partial charge in [0.25, 0.3) is 0 Å². The molecule has 0 aliphatic rings. The predicted octanol–water partition coefficient (Wildman–Crippen LogP) is 2.23. The van der Waals surface area contributed by atoms with E-state index in [4.69, 9.17) is 0 Å². The molecule has 2 rings (SSSR count). The molecule has 1 nitrogen and oxygen atoms in total. The Morgan fingerprint density at radius 2 is 1.64 bits per heavy atom. The first-order valence-corrected chi connectivity index (χ1v) is 3.25. The van der Waals surface area contributed by atoms with E-state index in [9.17, 15) is 0 Å². The van der Waals surface area contributed by atoms with Crippen molar-refractivity contribution < 1.29 is 37.7 Å². The van der Waals surface area contributed by atoms with Crippen LogP contribution in [-0.4, -0.2) is 4.98 Å². The van der Waals surface area contributed by atoms with Crippen molar-refractivity contribution >= 4 is 10.8 Å².